The third kappa shape index (κ3) is 4.64. The topological polar surface area (TPSA) is 104 Å². The Morgan fingerprint density at radius 2 is 0.846 bits per heavy atom. The van der Waals surface area contributed by atoms with Crippen molar-refractivity contribution < 1.29 is 17.9 Å². The van der Waals surface area contributed by atoms with E-state index in [2.05, 4.69) is 20.4 Å². The first kappa shape index (κ1) is 24.4. The van der Waals surface area contributed by atoms with Crippen LogP contribution in [0.1, 0.15) is 11.4 Å². The third-order valence-corrected chi connectivity index (χ3v) is 8.16. The van der Waals surface area contributed by atoms with Crippen LogP contribution < -0.4 is 9.47 Å². The van der Waals surface area contributed by atoms with Gasteiger partial charge in [0, 0.05) is 21.5 Å². The van der Waals surface area contributed by atoms with Gasteiger partial charge in [0.2, 0.25) is 21.6 Å². The molecule has 2 heterocycles. The number of fused-ring (bicyclic) bond motifs is 2. The molecule has 0 amide bonds. The minimum Gasteiger partial charge on any atom is -0.437 e. The fraction of sp³-hybridized carbons (Fsp3) is 0.0667. The van der Waals surface area contributed by atoms with Crippen molar-refractivity contribution in [2.45, 2.75) is 23.6 Å². The van der Waals surface area contributed by atoms with Crippen LogP contribution in [0.3, 0.4) is 0 Å². The summed E-state index contributed by atoms with van der Waals surface area (Å²) in [7, 11) is -3.77. The fourth-order valence-corrected chi connectivity index (χ4v) is 5.57. The molecule has 192 valence electrons. The second-order valence-electron chi connectivity index (χ2n) is 8.92. The normalized spacial score (nSPS) is 11.5. The maximum Gasteiger partial charge on any atom is 0.246 e. The first-order valence-corrected chi connectivity index (χ1v) is 13.6. The highest BCUT2D eigenvalue weighted by Gasteiger charge is 2.19. The van der Waals surface area contributed by atoms with E-state index in [4.69, 9.17) is 9.47 Å². The summed E-state index contributed by atoms with van der Waals surface area (Å²) in [5.41, 5.74) is 1.60. The van der Waals surface area contributed by atoms with Gasteiger partial charge < -0.3 is 9.47 Å². The van der Waals surface area contributed by atoms with Gasteiger partial charge in [-0.3, -0.25) is 0 Å². The summed E-state index contributed by atoms with van der Waals surface area (Å²) in [6, 6.07) is 27.8. The molecule has 0 radical (unpaired) electrons. The molecule has 6 rings (SSSR count). The molecule has 6 aromatic rings. The lowest BCUT2D eigenvalue weighted by Gasteiger charge is -2.10. The molecule has 0 atom stereocenters. The van der Waals surface area contributed by atoms with Crippen LogP contribution in [0, 0.1) is 13.8 Å². The number of aromatic nitrogens is 4. The molecule has 0 aliphatic heterocycles. The number of aryl methyl sites for hydroxylation is 2. The zero-order chi connectivity index (χ0) is 27.0. The lowest BCUT2D eigenvalue weighted by Crippen LogP contribution is -2.02. The Labute approximate surface area is 224 Å². The molecule has 0 aliphatic rings. The van der Waals surface area contributed by atoms with Gasteiger partial charge in [-0.25, -0.2) is 8.42 Å². The minimum atomic E-state index is -3.77. The van der Waals surface area contributed by atoms with Crippen molar-refractivity contribution in [3.05, 3.63) is 108 Å². The summed E-state index contributed by atoms with van der Waals surface area (Å²) in [6.45, 7) is 3.77. The van der Waals surface area contributed by atoms with Crippen molar-refractivity contribution in [2.24, 2.45) is 0 Å². The highest BCUT2D eigenvalue weighted by Crippen LogP contribution is 2.32. The van der Waals surface area contributed by atoms with E-state index in [9.17, 15) is 8.42 Å². The molecule has 0 spiro atoms. The average molecular weight is 535 g/mol. The second-order valence-corrected chi connectivity index (χ2v) is 10.9. The predicted molar refractivity (Wildman–Crippen MR) is 147 cm³/mol. The van der Waals surface area contributed by atoms with Gasteiger partial charge in [0.25, 0.3) is 0 Å². The van der Waals surface area contributed by atoms with Crippen molar-refractivity contribution in [1.29, 1.82) is 0 Å². The number of hydrogen-bond acceptors (Lipinski definition) is 8. The summed E-state index contributed by atoms with van der Waals surface area (Å²) in [6.07, 6.45) is 0. The molecular weight excluding hydrogens is 512 g/mol. The van der Waals surface area contributed by atoms with E-state index < -0.39 is 9.84 Å². The van der Waals surface area contributed by atoms with E-state index >= 15 is 0 Å². The molecule has 4 aromatic carbocycles. The molecule has 2 aromatic heterocycles. The third-order valence-electron chi connectivity index (χ3n) is 6.37. The predicted octanol–water partition coefficient (Wildman–Crippen LogP) is 6.61. The van der Waals surface area contributed by atoms with Crippen LogP contribution in [-0.4, -0.2) is 28.8 Å². The van der Waals surface area contributed by atoms with Crippen LogP contribution in [0.4, 0.5) is 0 Å². The zero-order valence-corrected chi connectivity index (χ0v) is 21.9. The van der Waals surface area contributed by atoms with Crippen LogP contribution in [0.5, 0.6) is 23.3 Å². The molecule has 0 saturated carbocycles. The van der Waals surface area contributed by atoms with Crippen LogP contribution >= 0.6 is 0 Å². The van der Waals surface area contributed by atoms with Crippen molar-refractivity contribution in [2.75, 3.05) is 0 Å². The molecule has 9 heteroatoms. The quantitative estimate of drug-likeness (QED) is 0.235. The van der Waals surface area contributed by atoms with Crippen molar-refractivity contribution in [1.82, 2.24) is 20.4 Å². The Bertz CT molecular complexity index is 1810. The van der Waals surface area contributed by atoms with Gasteiger partial charge in [0.05, 0.1) is 21.2 Å². The SMILES string of the molecule is Cc1nnc(Oc2ccc(S(=O)(=O)c3ccc(Oc4nnc(C)c5ccccc45)cc3)cc2)c2ccccc12. The zero-order valence-electron chi connectivity index (χ0n) is 21.1. The van der Waals surface area contributed by atoms with Gasteiger partial charge in [-0.2, -0.15) is 10.2 Å². The summed E-state index contributed by atoms with van der Waals surface area (Å²) in [4.78, 5) is 0.275. The average Bonchev–Trinajstić information content (AvgIpc) is 2.97. The Hall–Kier alpha value is -4.89. The van der Waals surface area contributed by atoms with Crippen LogP contribution in [-0.2, 0) is 9.84 Å². The van der Waals surface area contributed by atoms with Crippen molar-refractivity contribution in [3.63, 3.8) is 0 Å². The monoisotopic (exact) mass is 534 g/mol. The summed E-state index contributed by atoms with van der Waals surface area (Å²) in [5, 5.41) is 20.2. The lowest BCUT2D eigenvalue weighted by atomic mass is 10.1. The van der Waals surface area contributed by atoms with E-state index in [0.717, 1.165) is 32.9 Å². The van der Waals surface area contributed by atoms with E-state index in [1.54, 1.807) is 24.3 Å². The molecule has 0 bridgehead atoms. The molecule has 0 fully saturated rings. The van der Waals surface area contributed by atoms with Crippen LogP contribution in [0.2, 0.25) is 0 Å². The van der Waals surface area contributed by atoms with Crippen molar-refractivity contribution >= 4 is 31.4 Å². The van der Waals surface area contributed by atoms with Gasteiger partial charge in [-0.15, -0.1) is 10.2 Å². The molecule has 8 nitrogen and oxygen atoms in total. The molecule has 0 N–H and O–H groups in total. The molecule has 0 saturated heterocycles. The standard InChI is InChI=1S/C30H22N4O4S/c1-19-25-7-3-5-9-27(25)29(33-31-19)37-21-11-15-23(16-12-21)39(35,36)24-17-13-22(14-18-24)38-30-28-10-6-4-8-26(28)20(2)32-34-30/h3-18H,1-2H3. The van der Waals surface area contributed by atoms with E-state index in [-0.39, 0.29) is 9.79 Å². The Kier molecular flexibility index (Phi) is 6.12. The first-order chi connectivity index (χ1) is 18.9. The Morgan fingerprint density at radius 1 is 0.487 bits per heavy atom. The van der Waals surface area contributed by atoms with E-state index in [1.807, 2.05) is 62.4 Å². The molecule has 0 unspecified atom stereocenters. The molecule has 39 heavy (non-hydrogen) atoms. The van der Waals surface area contributed by atoms with E-state index in [1.165, 1.54) is 24.3 Å². The van der Waals surface area contributed by atoms with Gasteiger partial charge in [-0.1, -0.05) is 36.4 Å². The number of nitrogens with zero attached hydrogens (tertiary/aromatic N) is 4. The largest absolute Gasteiger partial charge is 0.437 e. The maximum atomic E-state index is 13.3. The number of rotatable bonds is 6. The second kappa shape index (κ2) is 9.77. The summed E-state index contributed by atoms with van der Waals surface area (Å²) < 4.78 is 38.4. The number of benzene rings is 4. The molecular formula is C30H22N4O4S. The summed E-state index contributed by atoms with van der Waals surface area (Å²) >= 11 is 0. The van der Waals surface area contributed by atoms with Crippen LogP contribution in [0.25, 0.3) is 21.5 Å². The van der Waals surface area contributed by atoms with Gasteiger partial charge >= 0.3 is 0 Å². The summed E-state index contributed by atoms with van der Waals surface area (Å²) in [5.74, 6) is 1.61. The number of hydrogen-bond donors (Lipinski definition) is 0. The van der Waals surface area contributed by atoms with Gasteiger partial charge in [-0.05, 0) is 74.5 Å². The van der Waals surface area contributed by atoms with Crippen LogP contribution in [0.15, 0.2) is 107 Å². The number of ether oxygens (including phenoxy) is 2. The van der Waals surface area contributed by atoms with Gasteiger partial charge in [0.1, 0.15) is 11.5 Å². The Morgan fingerprint density at radius 3 is 1.23 bits per heavy atom. The first-order valence-electron chi connectivity index (χ1n) is 12.1. The molecule has 0 aliphatic carbocycles. The number of sulfone groups is 1. The fourth-order valence-electron chi connectivity index (χ4n) is 4.31. The smallest absolute Gasteiger partial charge is 0.246 e. The van der Waals surface area contributed by atoms with Crippen molar-refractivity contribution in [3.8, 4) is 23.3 Å². The minimum absolute atomic E-state index is 0.138. The van der Waals surface area contributed by atoms with Gasteiger partial charge in [0.15, 0.2) is 0 Å². The highest BCUT2D eigenvalue weighted by atomic mass is 32.2. The maximum absolute atomic E-state index is 13.3. The Balaban J connectivity index is 1.22. The van der Waals surface area contributed by atoms with E-state index in [0.29, 0.717) is 23.3 Å². The highest BCUT2D eigenvalue weighted by molar-refractivity contribution is 7.91. The lowest BCUT2D eigenvalue weighted by molar-refractivity contribution is 0.460.